The van der Waals surface area contributed by atoms with Crippen molar-refractivity contribution in [1.82, 2.24) is 19.9 Å². The second-order valence-electron chi connectivity index (χ2n) is 6.47. The topological polar surface area (TPSA) is 76.1 Å². The highest BCUT2D eigenvalue weighted by Gasteiger charge is 2.10. The molecule has 9 heteroatoms. The third kappa shape index (κ3) is 5.70. The summed E-state index contributed by atoms with van der Waals surface area (Å²) in [6.07, 6.45) is 2.11. The van der Waals surface area contributed by atoms with Crippen LogP contribution >= 0.6 is 11.6 Å². The molecule has 0 bridgehead atoms. The average molecular weight is 421 g/mol. The van der Waals surface area contributed by atoms with Gasteiger partial charge in [0.1, 0.15) is 17.3 Å². The summed E-state index contributed by atoms with van der Waals surface area (Å²) >= 11 is 5.91. The van der Waals surface area contributed by atoms with E-state index < -0.39 is 0 Å². The van der Waals surface area contributed by atoms with Crippen LogP contribution in [0.3, 0.4) is 0 Å². The number of anilines is 2. The number of rotatable bonds is 9. The summed E-state index contributed by atoms with van der Waals surface area (Å²) in [5, 5.41) is 3.86. The molecule has 0 fully saturated rings. The highest BCUT2D eigenvalue weighted by atomic mass is 35.5. The average Bonchev–Trinajstić information content (AvgIpc) is 2.73. The molecule has 3 aromatic rings. The van der Waals surface area contributed by atoms with Gasteiger partial charge in [-0.05, 0) is 56.4 Å². The van der Waals surface area contributed by atoms with E-state index in [1.54, 1.807) is 23.2 Å². The third-order valence-corrected chi connectivity index (χ3v) is 4.40. The number of nitrogens with one attached hydrogen (secondary N) is 1. The van der Waals surface area contributed by atoms with Gasteiger partial charge in [0.15, 0.2) is 0 Å². The summed E-state index contributed by atoms with van der Waals surface area (Å²) in [5.74, 6) is 2.95. The molecule has 0 amide bonds. The largest absolute Gasteiger partial charge is 0.455 e. The van der Waals surface area contributed by atoms with Crippen LogP contribution in [0.1, 0.15) is 17.2 Å². The van der Waals surface area contributed by atoms with Gasteiger partial charge >= 0.3 is 0 Å². The number of aromatic nitrogens is 4. The Morgan fingerprint density at radius 1 is 1.10 bits per heavy atom. The molecular weight excluding hydrogens is 399 g/mol. The lowest BCUT2D eigenvalue weighted by Crippen LogP contribution is -2.21. The lowest BCUT2D eigenvalue weighted by Gasteiger charge is -2.18. The Hall–Kier alpha value is -3.13. The molecule has 0 aliphatic carbocycles. The summed E-state index contributed by atoms with van der Waals surface area (Å²) in [6.45, 7) is 8.52. The Morgan fingerprint density at radius 2 is 1.87 bits per heavy atom. The minimum absolute atomic E-state index is 0.454. The second kappa shape index (κ2) is 10.1. The standard InChI is InChI=1S/C21H22BClN6O/c1-4-29(12-11-22)21-27-15(3)26-20(28-21)24-13-17-7-10-19(14(2)25-17)30-18-8-5-16(23)6-9-18/h4-10H,1,11-13H2,2-3H3,(H,24,26,27,28). The molecule has 0 saturated heterocycles. The first-order valence-corrected chi connectivity index (χ1v) is 9.82. The van der Waals surface area contributed by atoms with E-state index in [2.05, 4.69) is 31.8 Å². The molecule has 0 aliphatic rings. The third-order valence-electron chi connectivity index (χ3n) is 4.15. The fraction of sp³-hybridized carbons (Fsp3) is 0.238. The van der Waals surface area contributed by atoms with E-state index in [-0.39, 0.29) is 0 Å². The van der Waals surface area contributed by atoms with E-state index in [1.165, 1.54) is 0 Å². The molecule has 2 heterocycles. The lowest BCUT2D eigenvalue weighted by molar-refractivity contribution is 0.475. The fourth-order valence-electron chi connectivity index (χ4n) is 2.69. The van der Waals surface area contributed by atoms with Crippen molar-refractivity contribution >= 4 is 31.3 Å². The number of halogens is 1. The van der Waals surface area contributed by atoms with Crippen LogP contribution in [0.25, 0.3) is 0 Å². The monoisotopic (exact) mass is 420 g/mol. The predicted molar refractivity (Wildman–Crippen MR) is 120 cm³/mol. The van der Waals surface area contributed by atoms with Crippen molar-refractivity contribution in [3.63, 3.8) is 0 Å². The SMILES string of the molecule is [B]CCN(C=C)c1nc(C)nc(NCc2ccc(Oc3ccc(Cl)cc3)c(C)n2)n1. The molecule has 0 spiro atoms. The minimum atomic E-state index is 0.454. The Bertz CT molecular complexity index is 1010. The highest BCUT2D eigenvalue weighted by molar-refractivity contribution is 6.30. The number of benzene rings is 1. The summed E-state index contributed by atoms with van der Waals surface area (Å²) in [6, 6.07) is 11.0. The number of pyridine rings is 1. The zero-order valence-electron chi connectivity index (χ0n) is 17.0. The molecule has 152 valence electrons. The summed E-state index contributed by atoms with van der Waals surface area (Å²) in [5.41, 5.74) is 1.61. The van der Waals surface area contributed by atoms with E-state index in [4.69, 9.17) is 24.2 Å². The minimum Gasteiger partial charge on any atom is -0.455 e. The number of aryl methyl sites for hydroxylation is 2. The molecule has 2 aromatic heterocycles. The molecule has 1 N–H and O–H groups in total. The molecule has 0 aliphatic heterocycles. The van der Waals surface area contributed by atoms with Crippen LogP contribution in [0.5, 0.6) is 11.5 Å². The van der Waals surface area contributed by atoms with E-state index in [0.717, 1.165) is 11.4 Å². The van der Waals surface area contributed by atoms with Crippen LogP contribution in [0, 0.1) is 13.8 Å². The van der Waals surface area contributed by atoms with Crippen LogP contribution in [0.2, 0.25) is 11.3 Å². The second-order valence-corrected chi connectivity index (χ2v) is 6.90. The summed E-state index contributed by atoms with van der Waals surface area (Å²) in [7, 11) is 5.63. The number of hydrogen-bond acceptors (Lipinski definition) is 7. The molecule has 30 heavy (non-hydrogen) atoms. The molecule has 0 saturated carbocycles. The summed E-state index contributed by atoms with van der Waals surface area (Å²) in [4.78, 5) is 19.5. The van der Waals surface area contributed by atoms with Crippen molar-refractivity contribution in [2.45, 2.75) is 26.7 Å². The van der Waals surface area contributed by atoms with Gasteiger partial charge in [-0.2, -0.15) is 15.0 Å². The molecule has 2 radical (unpaired) electrons. The number of hydrogen-bond donors (Lipinski definition) is 1. The van der Waals surface area contributed by atoms with Gasteiger partial charge in [-0.25, -0.2) is 0 Å². The Balaban J connectivity index is 1.68. The van der Waals surface area contributed by atoms with Crippen molar-refractivity contribution in [3.05, 3.63) is 71.4 Å². The first-order chi connectivity index (χ1) is 14.5. The van der Waals surface area contributed by atoms with Gasteiger partial charge in [0.05, 0.1) is 25.8 Å². The van der Waals surface area contributed by atoms with Crippen molar-refractivity contribution in [1.29, 1.82) is 0 Å². The molecule has 0 unspecified atom stereocenters. The molecule has 0 atom stereocenters. The van der Waals surface area contributed by atoms with Crippen molar-refractivity contribution in [2.24, 2.45) is 0 Å². The quantitative estimate of drug-likeness (QED) is 0.511. The first kappa shape index (κ1) is 21.6. The van der Waals surface area contributed by atoms with Gasteiger partial charge in [-0.1, -0.05) is 24.5 Å². The summed E-state index contributed by atoms with van der Waals surface area (Å²) < 4.78 is 5.88. The zero-order chi connectivity index (χ0) is 21.5. The fourth-order valence-corrected chi connectivity index (χ4v) is 2.82. The molecule has 7 nitrogen and oxygen atoms in total. The highest BCUT2D eigenvalue weighted by Crippen LogP contribution is 2.25. The van der Waals surface area contributed by atoms with Gasteiger partial charge in [0.2, 0.25) is 11.9 Å². The van der Waals surface area contributed by atoms with E-state index in [1.807, 2.05) is 38.1 Å². The zero-order valence-corrected chi connectivity index (χ0v) is 17.7. The van der Waals surface area contributed by atoms with Crippen LogP contribution in [0.4, 0.5) is 11.9 Å². The Kier molecular flexibility index (Phi) is 7.24. The maximum absolute atomic E-state index is 5.91. The van der Waals surface area contributed by atoms with Crippen LogP contribution < -0.4 is 15.0 Å². The molecular formula is C21H22BClN6O. The lowest BCUT2D eigenvalue weighted by atomic mass is 10.1. The maximum atomic E-state index is 5.91. The van der Waals surface area contributed by atoms with Gasteiger partial charge in [-0.3, -0.25) is 4.98 Å². The maximum Gasteiger partial charge on any atom is 0.234 e. The van der Waals surface area contributed by atoms with Crippen molar-refractivity contribution < 1.29 is 4.74 Å². The Labute approximate surface area is 182 Å². The predicted octanol–water partition coefficient (Wildman–Crippen LogP) is 4.48. The van der Waals surface area contributed by atoms with E-state index in [0.29, 0.717) is 53.7 Å². The van der Waals surface area contributed by atoms with Crippen LogP contribution in [0.15, 0.2) is 49.2 Å². The van der Waals surface area contributed by atoms with Gasteiger partial charge in [0.25, 0.3) is 0 Å². The molecule has 3 rings (SSSR count). The van der Waals surface area contributed by atoms with Gasteiger partial charge in [0, 0.05) is 11.6 Å². The van der Waals surface area contributed by atoms with E-state index >= 15 is 0 Å². The van der Waals surface area contributed by atoms with Crippen LogP contribution in [-0.2, 0) is 6.54 Å². The molecule has 1 aromatic carbocycles. The first-order valence-electron chi connectivity index (χ1n) is 9.44. The van der Waals surface area contributed by atoms with E-state index in [9.17, 15) is 0 Å². The number of ether oxygens (including phenoxy) is 1. The van der Waals surface area contributed by atoms with Gasteiger partial charge in [-0.15, -0.1) is 0 Å². The Morgan fingerprint density at radius 3 is 2.53 bits per heavy atom. The normalized spacial score (nSPS) is 10.5. The van der Waals surface area contributed by atoms with Crippen molar-refractivity contribution in [2.75, 3.05) is 16.8 Å². The smallest absolute Gasteiger partial charge is 0.234 e. The van der Waals surface area contributed by atoms with Crippen LogP contribution in [-0.4, -0.2) is 34.3 Å². The number of nitrogens with zero attached hydrogens (tertiary/aromatic N) is 5. The van der Waals surface area contributed by atoms with Crippen molar-refractivity contribution in [3.8, 4) is 11.5 Å². The van der Waals surface area contributed by atoms with Gasteiger partial charge < -0.3 is 15.0 Å².